The van der Waals surface area contributed by atoms with Gasteiger partial charge < -0.3 is 30.6 Å². The molecule has 552 valence electrons. The molecule has 12 aromatic carbocycles. The van der Waals surface area contributed by atoms with Crippen molar-refractivity contribution < 1.29 is 108 Å². The van der Waals surface area contributed by atoms with E-state index in [4.69, 9.17) is 0 Å². The quantitative estimate of drug-likeness (QED) is 0.0505. The van der Waals surface area contributed by atoms with Crippen molar-refractivity contribution in [3.63, 3.8) is 0 Å². The van der Waals surface area contributed by atoms with E-state index in [2.05, 4.69) is 0 Å². The Morgan fingerprint density at radius 3 is 0.333 bits per heavy atom. The first-order valence-electron chi connectivity index (χ1n) is 32.3. The van der Waals surface area contributed by atoms with Crippen molar-refractivity contribution >= 4 is 60.7 Å². The number of hydrogen-bond acceptors (Lipinski definition) is 18. The number of benzene rings is 12. The first kappa shape index (κ1) is 75.1. The van der Waals surface area contributed by atoms with Gasteiger partial charge >= 0.3 is 0 Å². The Labute approximate surface area is 619 Å². The maximum absolute atomic E-state index is 12.9. The third-order valence-corrected chi connectivity index (χ3v) is 24.0. The molecule has 1 aliphatic rings. The SMILES string of the molecule is O=S(=O)(O)c1ccc(-c2cc3c(O)c(c2)Cc2cc(-c4ccc(S(=O)(=O)O)cc4)cc(c2O)Cc2cc(-c4ccc(S(=O)(=O)O)cc4)cc(c2O)Cc2cc(-c4ccc(S(=O)(=O)O)cc4)cc(c2O)Cc2cc(-c4ccc(S(=O)(=O)O)cc4)cc(c2O)Cc2cc(-c4ccc(S(=O)(=O)O)cc4)cc(c2O)C3)cc1. The molecule has 0 fully saturated rings. The average Bonchev–Trinajstić information content (AvgIpc) is 0.777. The zero-order valence-corrected chi connectivity index (χ0v) is 60.6. The van der Waals surface area contributed by atoms with Crippen LogP contribution in [0.1, 0.15) is 66.8 Å². The second-order valence-corrected chi connectivity index (χ2v) is 34.4. The Kier molecular flexibility index (Phi) is 19.6. The van der Waals surface area contributed by atoms with Gasteiger partial charge in [0.1, 0.15) is 34.5 Å². The van der Waals surface area contributed by atoms with Gasteiger partial charge in [-0.25, -0.2) is 0 Å². The zero-order chi connectivity index (χ0) is 77.5. The van der Waals surface area contributed by atoms with E-state index in [1.54, 1.807) is 0 Å². The highest BCUT2D eigenvalue weighted by molar-refractivity contribution is 7.87. The van der Waals surface area contributed by atoms with Gasteiger partial charge in [-0.2, -0.15) is 50.5 Å². The van der Waals surface area contributed by atoms with Gasteiger partial charge in [0.25, 0.3) is 60.7 Å². The fourth-order valence-corrected chi connectivity index (χ4v) is 16.2. The number of aromatic hydroxyl groups is 6. The maximum atomic E-state index is 12.9. The van der Waals surface area contributed by atoms with Crippen molar-refractivity contribution in [2.24, 2.45) is 0 Å². The van der Waals surface area contributed by atoms with Crippen LogP contribution in [0.3, 0.4) is 0 Å². The van der Waals surface area contributed by atoms with E-state index in [9.17, 15) is 108 Å². The van der Waals surface area contributed by atoms with Gasteiger partial charge in [0.05, 0.1) is 29.4 Å². The molecule has 24 nitrogen and oxygen atoms in total. The van der Waals surface area contributed by atoms with Crippen molar-refractivity contribution in [3.8, 4) is 101 Å². The molecule has 12 bridgehead atoms. The smallest absolute Gasteiger partial charge is 0.294 e. The molecule has 0 spiro atoms. The number of phenolic OH excluding ortho intramolecular Hbond substituents is 6. The van der Waals surface area contributed by atoms with E-state index >= 15 is 0 Å². The second-order valence-electron chi connectivity index (χ2n) is 25.9. The van der Waals surface area contributed by atoms with Gasteiger partial charge in [0.15, 0.2) is 0 Å². The number of rotatable bonds is 12. The summed E-state index contributed by atoms with van der Waals surface area (Å²) in [5, 5.41) is 77.3. The first-order chi connectivity index (χ1) is 50.7. The summed E-state index contributed by atoms with van der Waals surface area (Å²) in [6.45, 7) is 0. The number of phenols is 6. The Morgan fingerprint density at radius 2 is 0.250 bits per heavy atom. The summed E-state index contributed by atoms with van der Waals surface area (Å²) in [6.07, 6.45) is -2.29. The van der Waals surface area contributed by atoms with E-state index < -0.39 is 125 Å². The Hall–Kier alpha value is -11.1. The minimum absolute atomic E-state index is 0.0720. The highest BCUT2D eigenvalue weighted by Gasteiger charge is 2.27. The monoisotopic (exact) mass is 1570 g/mol. The van der Waals surface area contributed by atoms with Gasteiger partial charge in [0.2, 0.25) is 0 Å². The lowest BCUT2D eigenvalue weighted by Crippen LogP contribution is -2.03. The molecule has 1 aliphatic carbocycles. The molecule has 0 saturated heterocycles. The molecule has 0 aromatic heterocycles. The van der Waals surface area contributed by atoms with Crippen molar-refractivity contribution in [1.82, 2.24) is 0 Å². The fraction of sp³-hybridized carbons (Fsp3) is 0.0769. The van der Waals surface area contributed by atoms with Crippen LogP contribution in [0.4, 0.5) is 0 Å². The van der Waals surface area contributed by atoms with E-state index in [-0.39, 0.29) is 105 Å². The van der Waals surface area contributed by atoms with Gasteiger partial charge in [-0.1, -0.05) is 72.8 Å². The van der Waals surface area contributed by atoms with Gasteiger partial charge in [-0.15, -0.1) is 0 Å². The summed E-state index contributed by atoms with van der Waals surface area (Å²) in [6, 6.07) is 48.4. The molecule has 12 aromatic rings. The van der Waals surface area contributed by atoms with Crippen LogP contribution in [0.2, 0.25) is 0 Å². The third kappa shape index (κ3) is 16.0. The number of hydrogen-bond donors (Lipinski definition) is 12. The van der Waals surface area contributed by atoms with Gasteiger partial charge in [-0.05, 0) is 279 Å². The van der Waals surface area contributed by atoms with E-state index in [1.807, 2.05) is 0 Å². The molecule has 30 heteroatoms. The van der Waals surface area contributed by atoms with Crippen molar-refractivity contribution in [3.05, 3.63) is 285 Å². The summed E-state index contributed by atoms with van der Waals surface area (Å²) >= 11 is 0. The molecule has 0 heterocycles. The van der Waals surface area contributed by atoms with Gasteiger partial charge in [-0.3, -0.25) is 27.3 Å². The van der Waals surface area contributed by atoms with Crippen LogP contribution in [0, 0.1) is 0 Å². The fourth-order valence-electron chi connectivity index (χ4n) is 13.3. The minimum atomic E-state index is -4.73. The molecule has 0 atom stereocenters. The lowest BCUT2D eigenvalue weighted by molar-refractivity contribution is 0.451. The highest BCUT2D eigenvalue weighted by Crippen LogP contribution is 2.46. The zero-order valence-electron chi connectivity index (χ0n) is 55.7. The van der Waals surface area contributed by atoms with Crippen LogP contribution < -0.4 is 0 Å². The average molecular weight is 1570 g/mol. The molecule has 0 unspecified atom stereocenters. The van der Waals surface area contributed by atoms with Crippen LogP contribution in [-0.2, 0) is 99.2 Å². The third-order valence-electron chi connectivity index (χ3n) is 18.8. The normalized spacial score (nSPS) is 13.2. The standard InChI is InChI=1S/C78H60O24S6/c79-73-55-25-49(43-1-13-67(14-2-43)103(85,86)87)26-56(73)38-58-28-51(45-5-17-69(18-6-45)105(91,92)93)30-60(75(58)81)40-62-32-53(47-9-21-71(22-10-47)107(97,98)99)34-64(77(62)83)42-66-36-54(48-11-23-72(24-12-48)108(100,101)102)35-65(78(66)84)41-63-33-52(46-7-19-70(20-8-46)106(94,95)96)31-61(76(63)82)39-59-29-50(27-57(37-55)74(59)80)44-3-15-68(16-4-44)104(88,89)90/h1-36,79-84H,37-42H2,(H,85,86,87)(H,88,89,90)(H,91,92,93)(H,94,95,96)(H,97,98,99)(H,100,101,102). The van der Waals surface area contributed by atoms with Gasteiger partial charge in [0, 0.05) is 38.5 Å². The first-order valence-corrected chi connectivity index (χ1v) is 40.9. The van der Waals surface area contributed by atoms with Crippen LogP contribution in [0.15, 0.2) is 248 Å². The highest BCUT2D eigenvalue weighted by atomic mass is 32.2. The molecular formula is C78H60O24S6. The molecule has 13 rings (SSSR count). The molecule has 0 amide bonds. The summed E-state index contributed by atoms with van der Waals surface area (Å²) in [7, 11) is -28.4. The van der Waals surface area contributed by atoms with E-state index in [0.29, 0.717) is 66.8 Å². The maximum Gasteiger partial charge on any atom is 0.294 e. The summed E-state index contributed by atoms with van der Waals surface area (Å²) in [4.78, 5) is -2.82. The molecular weight excluding hydrogens is 1510 g/mol. The predicted molar refractivity (Wildman–Crippen MR) is 397 cm³/mol. The van der Waals surface area contributed by atoms with Crippen LogP contribution in [0.25, 0.3) is 66.8 Å². The Bertz CT molecular complexity index is 5260. The summed E-state index contributed by atoms with van der Waals surface area (Å²) in [5.41, 5.74) is 4.54. The molecule has 0 saturated carbocycles. The lowest BCUT2D eigenvalue weighted by atomic mass is 9.86. The van der Waals surface area contributed by atoms with Crippen LogP contribution in [0.5, 0.6) is 34.5 Å². The number of fused-ring (bicyclic) bond motifs is 12. The molecule has 108 heavy (non-hydrogen) atoms. The van der Waals surface area contributed by atoms with E-state index in [0.717, 1.165) is 72.8 Å². The summed E-state index contributed by atoms with van der Waals surface area (Å²) in [5.74, 6) is -2.55. The van der Waals surface area contributed by atoms with Crippen molar-refractivity contribution in [2.75, 3.05) is 0 Å². The Balaban J connectivity index is 1.11. The molecule has 12 N–H and O–H groups in total. The molecule has 0 aliphatic heterocycles. The summed E-state index contributed by atoms with van der Waals surface area (Å²) < 4.78 is 208. The van der Waals surface area contributed by atoms with Crippen LogP contribution in [-0.4, -0.2) is 108 Å². The predicted octanol–water partition coefficient (Wildman–Crippen LogP) is 13.3. The van der Waals surface area contributed by atoms with Crippen LogP contribution >= 0.6 is 0 Å². The van der Waals surface area contributed by atoms with E-state index in [1.165, 1.54) is 146 Å². The second kappa shape index (κ2) is 28.2. The molecule has 0 radical (unpaired) electrons. The minimum Gasteiger partial charge on any atom is -0.507 e. The largest absolute Gasteiger partial charge is 0.507 e. The topological polar surface area (TPSA) is 448 Å². The lowest BCUT2D eigenvalue weighted by Gasteiger charge is -2.20. The van der Waals surface area contributed by atoms with Crippen molar-refractivity contribution in [1.29, 1.82) is 0 Å². The van der Waals surface area contributed by atoms with Crippen molar-refractivity contribution in [2.45, 2.75) is 67.9 Å². The Morgan fingerprint density at radius 1 is 0.157 bits per heavy atom.